The van der Waals surface area contributed by atoms with Crippen LogP contribution in [0.2, 0.25) is 0 Å². The van der Waals surface area contributed by atoms with E-state index in [1.165, 1.54) is 4.90 Å². The molecule has 0 bridgehead atoms. The summed E-state index contributed by atoms with van der Waals surface area (Å²) in [6, 6.07) is 13.6. The molecule has 1 aliphatic heterocycles. The van der Waals surface area contributed by atoms with E-state index in [2.05, 4.69) is 0 Å². The van der Waals surface area contributed by atoms with Gasteiger partial charge in [-0.05, 0) is 68.7 Å². The quantitative estimate of drug-likeness (QED) is 0.569. The Morgan fingerprint density at radius 1 is 1.00 bits per heavy atom. The Kier molecular flexibility index (Phi) is 7.23. The number of anilines is 1. The number of benzene rings is 2. The second kappa shape index (κ2) is 9.90. The average Bonchev–Trinajstić information content (AvgIpc) is 2.99. The van der Waals surface area contributed by atoms with Crippen molar-refractivity contribution in [2.45, 2.75) is 53.2 Å². The van der Waals surface area contributed by atoms with Crippen LogP contribution in [0.25, 0.3) is 0 Å². The molecule has 0 aromatic heterocycles. The van der Waals surface area contributed by atoms with E-state index >= 15 is 0 Å². The molecule has 2 aromatic rings. The van der Waals surface area contributed by atoms with Crippen LogP contribution in [0.1, 0.15) is 52.6 Å². The number of ketones is 1. The van der Waals surface area contributed by atoms with E-state index in [4.69, 9.17) is 9.47 Å². The van der Waals surface area contributed by atoms with Crippen LogP contribution in [0, 0.1) is 5.92 Å². The number of carbonyl (C=O) groups excluding carboxylic acids is 2. The number of ether oxygens (including phenoxy) is 2. The van der Waals surface area contributed by atoms with Crippen LogP contribution >= 0.6 is 0 Å². The third-order valence-corrected chi connectivity index (χ3v) is 5.10. The molecule has 1 N–H and O–H groups in total. The number of amides is 1. The molecule has 1 unspecified atom stereocenters. The summed E-state index contributed by atoms with van der Waals surface area (Å²) in [7, 11) is 0. The van der Waals surface area contributed by atoms with Gasteiger partial charge in [0, 0.05) is 12.1 Å². The Morgan fingerprint density at radius 3 is 2.12 bits per heavy atom. The van der Waals surface area contributed by atoms with E-state index in [1.54, 1.807) is 24.3 Å². The molecular weight excluding hydrogens is 406 g/mol. The first-order valence-corrected chi connectivity index (χ1v) is 11.0. The number of Topliss-reactive ketones (excluding diaryl/α,β-unsaturated/α-hetero) is 1. The topological polar surface area (TPSA) is 76.1 Å². The summed E-state index contributed by atoms with van der Waals surface area (Å²) in [6.07, 6.45) is 0.274. The fourth-order valence-corrected chi connectivity index (χ4v) is 3.82. The highest BCUT2D eigenvalue weighted by molar-refractivity contribution is 6.16. The van der Waals surface area contributed by atoms with Gasteiger partial charge in [-0.25, -0.2) is 0 Å². The van der Waals surface area contributed by atoms with E-state index in [9.17, 15) is 14.7 Å². The van der Waals surface area contributed by atoms with E-state index in [0.717, 1.165) is 5.56 Å². The summed E-state index contributed by atoms with van der Waals surface area (Å²) in [5, 5.41) is 10.7. The van der Waals surface area contributed by atoms with Gasteiger partial charge in [-0.1, -0.05) is 26.0 Å². The van der Waals surface area contributed by atoms with E-state index < -0.39 is 17.7 Å². The van der Waals surface area contributed by atoms with Crippen LogP contribution in [0.5, 0.6) is 11.5 Å². The SMILES string of the molecule is CCOc1ccc(N2C(=O)C(O)=C(C(=O)CC(C)C)C2c2ccc(OC(C)C)cc2)cc1. The predicted molar refractivity (Wildman–Crippen MR) is 124 cm³/mol. The van der Waals surface area contributed by atoms with Gasteiger partial charge in [0.25, 0.3) is 5.91 Å². The lowest BCUT2D eigenvalue weighted by atomic mass is 9.92. The summed E-state index contributed by atoms with van der Waals surface area (Å²) in [4.78, 5) is 27.7. The fraction of sp³-hybridized carbons (Fsp3) is 0.385. The standard InChI is InChI=1S/C26H31NO5/c1-6-31-20-13-9-19(10-14-20)27-24(18-7-11-21(12-8-18)32-17(4)5)23(25(29)26(27)30)22(28)15-16(2)3/h7-14,16-17,24,29H,6,15H2,1-5H3. The largest absolute Gasteiger partial charge is 0.503 e. The minimum Gasteiger partial charge on any atom is -0.503 e. The lowest BCUT2D eigenvalue weighted by Gasteiger charge is -2.27. The number of hydrogen-bond donors (Lipinski definition) is 1. The van der Waals surface area contributed by atoms with Crippen molar-refractivity contribution >= 4 is 17.4 Å². The summed E-state index contributed by atoms with van der Waals surface area (Å²) in [6.45, 7) is 10.2. The van der Waals surface area contributed by atoms with Crippen molar-refractivity contribution in [2.75, 3.05) is 11.5 Å². The van der Waals surface area contributed by atoms with Crippen molar-refractivity contribution in [3.63, 3.8) is 0 Å². The van der Waals surface area contributed by atoms with Crippen LogP contribution in [0.4, 0.5) is 5.69 Å². The fourth-order valence-electron chi connectivity index (χ4n) is 3.82. The highest BCUT2D eigenvalue weighted by Crippen LogP contribution is 2.42. The third kappa shape index (κ3) is 4.96. The maximum atomic E-state index is 13.1. The van der Waals surface area contributed by atoms with Gasteiger partial charge in [-0.2, -0.15) is 0 Å². The Balaban J connectivity index is 2.05. The predicted octanol–water partition coefficient (Wildman–Crippen LogP) is 5.39. The molecule has 1 amide bonds. The van der Waals surface area contributed by atoms with Crippen LogP contribution in [-0.4, -0.2) is 29.5 Å². The molecule has 3 rings (SSSR count). The monoisotopic (exact) mass is 437 g/mol. The maximum Gasteiger partial charge on any atom is 0.294 e. The zero-order valence-electron chi connectivity index (χ0n) is 19.3. The molecule has 2 aromatic carbocycles. The Hall–Kier alpha value is -3.28. The molecule has 170 valence electrons. The van der Waals surface area contributed by atoms with Gasteiger partial charge in [0.2, 0.25) is 0 Å². The van der Waals surface area contributed by atoms with E-state index in [1.807, 2.05) is 58.9 Å². The smallest absolute Gasteiger partial charge is 0.294 e. The minimum atomic E-state index is -0.722. The van der Waals surface area contributed by atoms with Gasteiger partial charge >= 0.3 is 0 Å². The normalized spacial score (nSPS) is 16.3. The van der Waals surface area contributed by atoms with Gasteiger partial charge in [-0.3, -0.25) is 14.5 Å². The Labute approximate surface area is 189 Å². The molecule has 32 heavy (non-hydrogen) atoms. The number of aliphatic hydroxyl groups is 1. The molecule has 0 aliphatic carbocycles. The second-order valence-corrected chi connectivity index (χ2v) is 8.52. The summed E-state index contributed by atoms with van der Waals surface area (Å²) in [5.74, 6) is 0.171. The molecule has 1 heterocycles. The molecule has 0 fully saturated rings. The first-order valence-electron chi connectivity index (χ1n) is 11.0. The molecular formula is C26H31NO5. The van der Waals surface area contributed by atoms with Crippen molar-refractivity contribution in [3.8, 4) is 11.5 Å². The zero-order valence-corrected chi connectivity index (χ0v) is 19.3. The summed E-state index contributed by atoms with van der Waals surface area (Å²) >= 11 is 0. The lowest BCUT2D eigenvalue weighted by Crippen LogP contribution is -2.31. The van der Waals surface area contributed by atoms with Crippen LogP contribution in [-0.2, 0) is 9.59 Å². The molecule has 6 heteroatoms. The third-order valence-electron chi connectivity index (χ3n) is 5.10. The highest BCUT2D eigenvalue weighted by Gasteiger charge is 2.44. The Bertz CT molecular complexity index is 990. The first kappa shape index (κ1) is 23.4. The van der Waals surface area contributed by atoms with Gasteiger partial charge in [0.15, 0.2) is 11.5 Å². The van der Waals surface area contributed by atoms with Crippen molar-refractivity contribution in [2.24, 2.45) is 5.92 Å². The van der Waals surface area contributed by atoms with Gasteiger partial charge < -0.3 is 14.6 Å². The molecule has 1 atom stereocenters. The second-order valence-electron chi connectivity index (χ2n) is 8.52. The summed E-state index contributed by atoms with van der Waals surface area (Å²) < 4.78 is 11.2. The molecule has 0 saturated carbocycles. The number of aliphatic hydroxyl groups excluding tert-OH is 1. The average molecular weight is 438 g/mol. The number of rotatable bonds is 9. The number of hydrogen-bond acceptors (Lipinski definition) is 5. The van der Waals surface area contributed by atoms with Crippen LogP contribution < -0.4 is 14.4 Å². The molecule has 1 aliphatic rings. The van der Waals surface area contributed by atoms with Gasteiger partial charge in [0.05, 0.1) is 24.3 Å². The first-order chi connectivity index (χ1) is 15.2. The maximum absolute atomic E-state index is 13.1. The summed E-state index contributed by atoms with van der Waals surface area (Å²) in [5.41, 5.74) is 1.43. The van der Waals surface area contributed by atoms with Gasteiger partial charge in [0.1, 0.15) is 11.5 Å². The van der Waals surface area contributed by atoms with Crippen molar-refractivity contribution in [1.82, 2.24) is 0 Å². The van der Waals surface area contributed by atoms with E-state index in [-0.39, 0.29) is 29.8 Å². The Morgan fingerprint density at radius 2 is 1.59 bits per heavy atom. The lowest BCUT2D eigenvalue weighted by molar-refractivity contribution is -0.118. The number of carbonyl (C=O) groups is 2. The van der Waals surface area contributed by atoms with Crippen LogP contribution in [0.15, 0.2) is 59.9 Å². The van der Waals surface area contributed by atoms with Gasteiger partial charge in [-0.15, -0.1) is 0 Å². The molecule has 6 nitrogen and oxygen atoms in total. The number of nitrogens with zero attached hydrogens (tertiary/aromatic N) is 1. The zero-order chi connectivity index (χ0) is 23.4. The molecule has 0 radical (unpaired) electrons. The molecule has 0 spiro atoms. The molecule has 0 saturated heterocycles. The van der Waals surface area contributed by atoms with Crippen molar-refractivity contribution in [1.29, 1.82) is 0 Å². The van der Waals surface area contributed by atoms with Crippen molar-refractivity contribution < 1.29 is 24.2 Å². The minimum absolute atomic E-state index is 0.0291. The highest BCUT2D eigenvalue weighted by atomic mass is 16.5. The van der Waals surface area contributed by atoms with E-state index in [0.29, 0.717) is 23.8 Å². The van der Waals surface area contributed by atoms with Crippen LogP contribution in [0.3, 0.4) is 0 Å². The van der Waals surface area contributed by atoms with Crippen molar-refractivity contribution in [3.05, 3.63) is 65.4 Å².